The fourth-order valence-corrected chi connectivity index (χ4v) is 3.79. The molecule has 10 nitrogen and oxygen atoms in total. The third-order valence-electron chi connectivity index (χ3n) is 5.00. The smallest absolute Gasteiger partial charge is 0.408 e. The lowest BCUT2D eigenvalue weighted by Gasteiger charge is -2.21. The van der Waals surface area contributed by atoms with Crippen molar-refractivity contribution in [2.75, 3.05) is 14.2 Å². The number of methoxy groups -OCH3 is 2. The van der Waals surface area contributed by atoms with Gasteiger partial charge in [0.25, 0.3) is 5.91 Å². The second kappa shape index (κ2) is 11.7. The van der Waals surface area contributed by atoms with Crippen molar-refractivity contribution in [3.63, 3.8) is 0 Å². The Balaban J connectivity index is 1.95. The molecule has 2 N–H and O–H groups in total. The number of ether oxygens (including phenoxy) is 3. The number of carbonyl (C=O) groups is 2. The molecule has 0 radical (unpaired) electrons. The monoisotopic (exact) mass is 550 g/mol. The topological polar surface area (TPSA) is 125 Å². The van der Waals surface area contributed by atoms with Crippen molar-refractivity contribution in [3.8, 4) is 23.0 Å². The number of nitrogens with one attached hydrogen (secondary N) is 2. The summed E-state index contributed by atoms with van der Waals surface area (Å²) < 4.78 is 22.0. The summed E-state index contributed by atoms with van der Waals surface area (Å²) in [6.45, 7) is 6.90. The SMILES string of the molecule is COc1ccc(-c2nc(C(=O)NCc3c(Cl)cncc3Cl)c(C(C)NC(=O)OC(C)(C)C)o2)cc1OC. The van der Waals surface area contributed by atoms with Gasteiger partial charge in [-0.25, -0.2) is 9.78 Å². The number of alkyl carbamates (subject to hydrolysis) is 1. The number of hydrogen-bond acceptors (Lipinski definition) is 8. The van der Waals surface area contributed by atoms with E-state index in [1.165, 1.54) is 26.6 Å². The van der Waals surface area contributed by atoms with E-state index in [0.717, 1.165) is 0 Å². The molecule has 0 aliphatic carbocycles. The number of carbonyl (C=O) groups excluding carboxylic acids is 2. The van der Waals surface area contributed by atoms with Crippen LogP contribution in [0.1, 0.15) is 55.5 Å². The van der Waals surface area contributed by atoms with Crippen LogP contribution in [0.25, 0.3) is 11.5 Å². The van der Waals surface area contributed by atoms with Crippen molar-refractivity contribution in [2.45, 2.75) is 45.9 Å². The van der Waals surface area contributed by atoms with Gasteiger partial charge < -0.3 is 29.3 Å². The van der Waals surface area contributed by atoms with E-state index in [1.54, 1.807) is 45.9 Å². The molecule has 2 aromatic heterocycles. The van der Waals surface area contributed by atoms with Gasteiger partial charge in [0.2, 0.25) is 5.89 Å². The van der Waals surface area contributed by atoms with E-state index in [-0.39, 0.29) is 23.9 Å². The minimum atomic E-state index is -0.759. The first kappa shape index (κ1) is 28.1. The minimum Gasteiger partial charge on any atom is -0.493 e. The van der Waals surface area contributed by atoms with Crippen LogP contribution in [0, 0.1) is 0 Å². The molecule has 0 saturated heterocycles. The Kier molecular flexibility index (Phi) is 8.88. The molecule has 0 saturated carbocycles. The number of oxazole rings is 1. The van der Waals surface area contributed by atoms with E-state index < -0.39 is 23.6 Å². The first-order valence-corrected chi connectivity index (χ1v) is 12.0. The molecule has 2 heterocycles. The van der Waals surface area contributed by atoms with Gasteiger partial charge >= 0.3 is 6.09 Å². The predicted octanol–water partition coefficient (Wildman–Crippen LogP) is 5.58. The van der Waals surface area contributed by atoms with Gasteiger partial charge in [-0.1, -0.05) is 23.2 Å². The molecule has 0 fully saturated rings. The maximum atomic E-state index is 13.2. The molecule has 1 aromatic carbocycles. The zero-order chi connectivity index (χ0) is 27.3. The van der Waals surface area contributed by atoms with Crippen LogP contribution in [0.15, 0.2) is 35.0 Å². The van der Waals surface area contributed by atoms with Crippen molar-refractivity contribution < 1.29 is 28.2 Å². The average molecular weight is 551 g/mol. The van der Waals surface area contributed by atoms with Gasteiger partial charge in [-0.15, -0.1) is 0 Å². The molecule has 0 aliphatic rings. The van der Waals surface area contributed by atoms with E-state index in [9.17, 15) is 9.59 Å². The predicted molar refractivity (Wildman–Crippen MR) is 138 cm³/mol. The van der Waals surface area contributed by atoms with Crippen LogP contribution in [0.3, 0.4) is 0 Å². The van der Waals surface area contributed by atoms with Gasteiger partial charge in [0, 0.05) is 30.1 Å². The number of amides is 2. The third kappa shape index (κ3) is 7.05. The summed E-state index contributed by atoms with van der Waals surface area (Å²) in [5.74, 6) is 0.668. The summed E-state index contributed by atoms with van der Waals surface area (Å²) in [5.41, 5.74) is 0.285. The third-order valence-corrected chi connectivity index (χ3v) is 5.65. The van der Waals surface area contributed by atoms with Crippen LogP contribution < -0.4 is 20.1 Å². The molecule has 12 heteroatoms. The maximum absolute atomic E-state index is 13.2. The number of pyridine rings is 1. The Labute approximate surface area is 224 Å². The Morgan fingerprint density at radius 1 is 1.08 bits per heavy atom. The normalized spacial score (nSPS) is 12.0. The Bertz CT molecular complexity index is 1270. The summed E-state index contributed by atoms with van der Waals surface area (Å²) in [6, 6.07) is 4.30. The lowest BCUT2D eigenvalue weighted by Crippen LogP contribution is -2.34. The summed E-state index contributed by atoms with van der Waals surface area (Å²) in [4.78, 5) is 33.9. The summed E-state index contributed by atoms with van der Waals surface area (Å²) >= 11 is 12.3. The quantitative estimate of drug-likeness (QED) is 0.372. The average Bonchev–Trinajstić information content (AvgIpc) is 3.28. The molecule has 3 rings (SSSR count). The van der Waals surface area contributed by atoms with E-state index in [2.05, 4.69) is 20.6 Å². The largest absolute Gasteiger partial charge is 0.493 e. The Morgan fingerprint density at radius 3 is 2.32 bits per heavy atom. The highest BCUT2D eigenvalue weighted by atomic mass is 35.5. The maximum Gasteiger partial charge on any atom is 0.408 e. The molecule has 0 bridgehead atoms. The van der Waals surface area contributed by atoms with Gasteiger partial charge in [-0.2, -0.15) is 0 Å². The summed E-state index contributed by atoms with van der Waals surface area (Å²) in [6.07, 6.45) is 2.18. The highest BCUT2D eigenvalue weighted by Gasteiger charge is 2.28. The number of benzene rings is 1. The van der Waals surface area contributed by atoms with E-state index >= 15 is 0 Å². The number of halogens is 2. The fourth-order valence-electron chi connectivity index (χ4n) is 3.29. The summed E-state index contributed by atoms with van der Waals surface area (Å²) in [7, 11) is 3.03. The number of aromatic nitrogens is 2. The molecule has 1 atom stereocenters. The zero-order valence-corrected chi connectivity index (χ0v) is 22.8. The Hall–Kier alpha value is -3.50. The number of rotatable bonds is 8. The van der Waals surface area contributed by atoms with Crippen molar-refractivity contribution in [1.82, 2.24) is 20.6 Å². The van der Waals surface area contributed by atoms with Gasteiger partial charge in [0.05, 0.1) is 30.3 Å². The molecular weight excluding hydrogens is 523 g/mol. The first-order valence-electron chi connectivity index (χ1n) is 11.2. The number of hydrogen-bond donors (Lipinski definition) is 2. The molecule has 37 heavy (non-hydrogen) atoms. The molecule has 0 aliphatic heterocycles. The van der Waals surface area contributed by atoms with Crippen molar-refractivity contribution >= 4 is 35.2 Å². The van der Waals surface area contributed by atoms with Crippen LogP contribution >= 0.6 is 23.2 Å². The number of nitrogens with zero attached hydrogens (tertiary/aromatic N) is 2. The zero-order valence-electron chi connectivity index (χ0n) is 21.3. The molecule has 198 valence electrons. The highest BCUT2D eigenvalue weighted by Crippen LogP contribution is 2.34. The fraction of sp³-hybridized carbons (Fsp3) is 0.360. The molecule has 0 spiro atoms. The van der Waals surface area contributed by atoms with Crippen molar-refractivity contribution in [1.29, 1.82) is 0 Å². The van der Waals surface area contributed by atoms with Crippen LogP contribution in [-0.2, 0) is 11.3 Å². The molecule has 1 unspecified atom stereocenters. The standard InChI is InChI=1S/C25H28Cl2N4O6/c1-13(30-24(33)37-25(2,3)4)21-20(22(32)29-10-15-16(26)11-28-12-17(15)27)31-23(36-21)14-7-8-18(34-5)19(9-14)35-6/h7-9,11-13H,10H2,1-6H3,(H,29,32)(H,30,33). The van der Waals surface area contributed by atoms with Crippen LogP contribution in [0.4, 0.5) is 4.79 Å². The van der Waals surface area contributed by atoms with Gasteiger partial charge in [0.15, 0.2) is 23.0 Å². The molecule has 2 amide bonds. The van der Waals surface area contributed by atoms with E-state index in [1.807, 2.05) is 0 Å². The molecular formula is C25H28Cl2N4O6. The van der Waals surface area contributed by atoms with Gasteiger partial charge in [-0.3, -0.25) is 9.78 Å². The molecule has 3 aromatic rings. The summed E-state index contributed by atoms with van der Waals surface area (Å²) in [5, 5.41) is 6.03. The van der Waals surface area contributed by atoms with Gasteiger partial charge in [0.1, 0.15) is 5.60 Å². The van der Waals surface area contributed by atoms with E-state index in [0.29, 0.717) is 32.7 Å². The second-order valence-corrected chi connectivity index (χ2v) is 9.75. The lowest BCUT2D eigenvalue weighted by atomic mass is 10.2. The highest BCUT2D eigenvalue weighted by molar-refractivity contribution is 6.35. The van der Waals surface area contributed by atoms with E-state index in [4.69, 9.17) is 41.8 Å². The Morgan fingerprint density at radius 2 is 1.73 bits per heavy atom. The van der Waals surface area contributed by atoms with Crippen molar-refractivity contribution in [2.24, 2.45) is 0 Å². The van der Waals surface area contributed by atoms with Crippen LogP contribution in [0.2, 0.25) is 10.0 Å². The lowest BCUT2D eigenvalue weighted by molar-refractivity contribution is 0.0501. The van der Waals surface area contributed by atoms with Crippen LogP contribution in [0.5, 0.6) is 11.5 Å². The van der Waals surface area contributed by atoms with Crippen LogP contribution in [-0.4, -0.2) is 41.8 Å². The van der Waals surface area contributed by atoms with Gasteiger partial charge in [-0.05, 0) is 45.9 Å². The van der Waals surface area contributed by atoms with Crippen molar-refractivity contribution in [3.05, 3.63) is 57.7 Å². The minimum absolute atomic E-state index is 0.0187. The first-order chi connectivity index (χ1) is 17.4. The second-order valence-electron chi connectivity index (χ2n) is 8.93.